The molecule has 0 aliphatic heterocycles. The Morgan fingerprint density at radius 2 is 2.42 bits per heavy atom. The van der Waals surface area contributed by atoms with Crippen LogP contribution in [0.5, 0.6) is 0 Å². The highest BCUT2D eigenvalue weighted by Gasteiger charge is 2.12. The number of rotatable bonds is 3. The number of aliphatic hydroxyl groups is 1. The first-order valence-electron chi connectivity index (χ1n) is 3.79. The molecule has 1 heterocycles. The monoisotopic (exact) mass is 185 g/mol. The van der Waals surface area contributed by atoms with Crippen molar-refractivity contribution in [1.82, 2.24) is 4.98 Å². The van der Waals surface area contributed by atoms with Gasteiger partial charge in [0.2, 0.25) is 0 Å². The van der Waals surface area contributed by atoms with Gasteiger partial charge in [0.25, 0.3) is 0 Å². The highest BCUT2D eigenvalue weighted by atomic mass is 32.1. The second-order valence-electron chi connectivity index (χ2n) is 2.54. The number of aromatic nitrogens is 1. The minimum Gasteiger partial charge on any atom is -0.386 e. The third-order valence-corrected chi connectivity index (χ3v) is 2.81. The molecule has 0 amide bonds. The maximum Gasteiger partial charge on any atom is 0.161 e. The fraction of sp³-hybridized carbons (Fsp3) is 0.500. The first-order valence-corrected chi connectivity index (χ1v) is 4.61. The Labute approximate surface area is 75.1 Å². The molecule has 0 saturated heterocycles. The van der Waals surface area contributed by atoms with E-state index in [1.807, 2.05) is 6.92 Å². The summed E-state index contributed by atoms with van der Waals surface area (Å²) in [4.78, 5) is 15.1. The molecule has 0 spiro atoms. The molecule has 0 radical (unpaired) electrons. The van der Waals surface area contributed by atoms with Crippen LogP contribution in [-0.2, 0) is 0 Å². The van der Waals surface area contributed by atoms with Crippen LogP contribution in [0.4, 0.5) is 0 Å². The summed E-state index contributed by atoms with van der Waals surface area (Å²) in [6.07, 6.45) is 0.881. The van der Waals surface area contributed by atoms with E-state index >= 15 is 0 Å². The van der Waals surface area contributed by atoms with Crippen LogP contribution in [0.3, 0.4) is 0 Å². The molecule has 0 aromatic carbocycles. The predicted octanol–water partition coefficient (Wildman–Crippen LogP) is 1.71. The number of thiazole rings is 1. The van der Waals surface area contributed by atoms with Crippen molar-refractivity contribution >= 4 is 17.6 Å². The molecule has 1 unspecified atom stereocenters. The molecule has 12 heavy (non-hydrogen) atoms. The third-order valence-electron chi connectivity index (χ3n) is 1.63. The zero-order chi connectivity index (χ0) is 9.14. The SMILES string of the molecule is CCC(O)c1nc(C)c(C=O)s1. The molecule has 1 N–H and O–H groups in total. The van der Waals surface area contributed by atoms with Gasteiger partial charge in [-0.05, 0) is 13.3 Å². The van der Waals surface area contributed by atoms with Gasteiger partial charge >= 0.3 is 0 Å². The highest BCUT2D eigenvalue weighted by molar-refractivity contribution is 7.13. The Morgan fingerprint density at radius 3 is 2.83 bits per heavy atom. The van der Waals surface area contributed by atoms with Gasteiger partial charge in [-0.2, -0.15) is 0 Å². The minimum atomic E-state index is -0.526. The van der Waals surface area contributed by atoms with Crippen LogP contribution < -0.4 is 0 Å². The molecule has 1 aromatic rings. The van der Waals surface area contributed by atoms with Gasteiger partial charge in [0.1, 0.15) is 11.1 Å². The normalized spacial score (nSPS) is 12.9. The summed E-state index contributed by atoms with van der Waals surface area (Å²) in [5.74, 6) is 0. The van der Waals surface area contributed by atoms with Crippen molar-refractivity contribution in [2.24, 2.45) is 0 Å². The van der Waals surface area contributed by atoms with E-state index in [0.717, 1.165) is 6.29 Å². The van der Waals surface area contributed by atoms with Crippen molar-refractivity contribution < 1.29 is 9.90 Å². The smallest absolute Gasteiger partial charge is 0.161 e. The first kappa shape index (κ1) is 9.35. The molecule has 66 valence electrons. The number of aldehydes is 1. The topological polar surface area (TPSA) is 50.2 Å². The van der Waals surface area contributed by atoms with Gasteiger partial charge in [0.15, 0.2) is 6.29 Å². The molecular formula is C8H11NO2S. The van der Waals surface area contributed by atoms with Gasteiger partial charge in [-0.25, -0.2) is 4.98 Å². The number of hydrogen-bond donors (Lipinski definition) is 1. The van der Waals surface area contributed by atoms with Crippen molar-refractivity contribution in [2.45, 2.75) is 26.4 Å². The lowest BCUT2D eigenvalue weighted by atomic mass is 10.3. The molecule has 0 saturated carbocycles. The Hall–Kier alpha value is -0.740. The van der Waals surface area contributed by atoms with Gasteiger partial charge in [-0.15, -0.1) is 11.3 Å². The molecular weight excluding hydrogens is 174 g/mol. The summed E-state index contributed by atoms with van der Waals surface area (Å²) in [7, 11) is 0. The minimum absolute atomic E-state index is 0.526. The van der Waals surface area contributed by atoms with E-state index in [-0.39, 0.29) is 0 Å². The molecule has 4 heteroatoms. The zero-order valence-corrected chi connectivity index (χ0v) is 7.89. The first-order chi connectivity index (χ1) is 5.69. The fourth-order valence-corrected chi connectivity index (χ4v) is 1.81. The fourth-order valence-electron chi connectivity index (χ4n) is 0.856. The molecule has 1 rings (SSSR count). The number of carbonyl (C=O) groups excluding carboxylic acids is 1. The van der Waals surface area contributed by atoms with Crippen LogP contribution in [-0.4, -0.2) is 16.4 Å². The molecule has 3 nitrogen and oxygen atoms in total. The maximum absolute atomic E-state index is 10.4. The van der Waals surface area contributed by atoms with Gasteiger partial charge in [-0.3, -0.25) is 4.79 Å². The van der Waals surface area contributed by atoms with E-state index in [2.05, 4.69) is 4.98 Å². The van der Waals surface area contributed by atoms with E-state index in [0.29, 0.717) is 22.0 Å². The number of aryl methyl sites for hydroxylation is 1. The number of nitrogens with zero attached hydrogens (tertiary/aromatic N) is 1. The average molecular weight is 185 g/mol. The lowest BCUT2D eigenvalue weighted by Gasteiger charge is -2.00. The van der Waals surface area contributed by atoms with E-state index < -0.39 is 6.10 Å². The summed E-state index contributed by atoms with van der Waals surface area (Å²) in [6, 6.07) is 0. The highest BCUT2D eigenvalue weighted by Crippen LogP contribution is 2.23. The Bertz CT molecular complexity index is 283. The molecule has 0 fully saturated rings. The summed E-state index contributed by atoms with van der Waals surface area (Å²) < 4.78 is 0. The second-order valence-corrected chi connectivity index (χ2v) is 3.61. The molecule has 1 aromatic heterocycles. The number of hydrogen-bond acceptors (Lipinski definition) is 4. The van der Waals surface area contributed by atoms with Crippen LogP contribution >= 0.6 is 11.3 Å². The van der Waals surface area contributed by atoms with Gasteiger partial charge < -0.3 is 5.11 Å². The Balaban J connectivity index is 2.96. The van der Waals surface area contributed by atoms with Crippen LogP contribution in [0.25, 0.3) is 0 Å². The summed E-state index contributed by atoms with van der Waals surface area (Å²) in [5.41, 5.74) is 0.706. The van der Waals surface area contributed by atoms with Crippen molar-refractivity contribution in [2.75, 3.05) is 0 Å². The van der Waals surface area contributed by atoms with Gasteiger partial charge in [0.05, 0.1) is 10.6 Å². The number of aliphatic hydroxyl groups excluding tert-OH is 1. The largest absolute Gasteiger partial charge is 0.386 e. The Morgan fingerprint density at radius 1 is 1.75 bits per heavy atom. The van der Waals surface area contributed by atoms with Gasteiger partial charge in [-0.1, -0.05) is 6.92 Å². The lowest BCUT2D eigenvalue weighted by molar-refractivity contribution is 0.112. The molecule has 1 atom stereocenters. The standard InChI is InChI=1S/C8H11NO2S/c1-3-6(11)8-9-5(2)7(4-10)12-8/h4,6,11H,3H2,1-2H3. The van der Waals surface area contributed by atoms with Crippen molar-refractivity contribution in [3.63, 3.8) is 0 Å². The van der Waals surface area contributed by atoms with Crippen LogP contribution in [0.2, 0.25) is 0 Å². The van der Waals surface area contributed by atoms with E-state index in [4.69, 9.17) is 0 Å². The summed E-state index contributed by atoms with van der Waals surface area (Å²) in [6.45, 7) is 3.65. The van der Waals surface area contributed by atoms with Gasteiger partial charge in [0, 0.05) is 0 Å². The molecule has 0 bridgehead atoms. The third kappa shape index (κ3) is 1.70. The summed E-state index contributed by atoms with van der Waals surface area (Å²) >= 11 is 1.26. The zero-order valence-electron chi connectivity index (χ0n) is 7.07. The molecule has 0 aliphatic rings. The average Bonchev–Trinajstić information content (AvgIpc) is 2.45. The van der Waals surface area contributed by atoms with Crippen LogP contribution in [0, 0.1) is 6.92 Å². The quantitative estimate of drug-likeness (QED) is 0.729. The second kappa shape index (κ2) is 3.78. The Kier molecular flexibility index (Phi) is 2.94. The predicted molar refractivity (Wildman–Crippen MR) is 47.5 cm³/mol. The lowest BCUT2D eigenvalue weighted by Crippen LogP contribution is -1.93. The van der Waals surface area contributed by atoms with Crippen molar-refractivity contribution in [3.05, 3.63) is 15.6 Å². The number of carbonyl (C=O) groups is 1. The van der Waals surface area contributed by atoms with Crippen molar-refractivity contribution in [1.29, 1.82) is 0 Å². The van der Waals surface area contributed by atoms with Crippen LogP contribution in [0.1, 0.15) is 39.8 Å². The van der Waals surface area contributed by atoms with E-state index in [1.54, 1.807) is 6.92 Å². The summed E-state index contributed by atoms with van der Waals surface area (Å²) in [5, 5.41) is 10.0. The van der Waals surface area contributed by atoms with E-state index in [1.165, 1.54) is 11.3 Å². The van der Waals surface area contributed by atoms with Crippen LogP contribution in [0.15, 0.2) is 0 Å². The molecule has 0 aliphatic carbocycles. The van der Waals surface area contributed by atoms with Crippen molar-refractivity contribution in [3.8, 4) is 0 Å². The van der Waals surface area contributed by atoms with E-state index in [9.17, 15) is 9.90 Å². The maximum atomic E-state index is 10.4.